The van der Waals surface area contributed by atoms with Gasteiger partial charge in [0.1, 0.15) is 18.3 Å². The summed E-state index contributed by atoms with van der Waals surface area (Å²) in [6, 6.07) is 24.2. The van der Waals surface area contributed by atoms with E-state index in [-0.39, 0.29) is 12.3 Å². The van der Waals surface area contributed by atoms with Crippen molar-refractivity contribution in [3.63, 3.8) is 0 Å². The maximum absolute atomic E-state index is 12.8. The van der Waals surface area contributed by atoms with E-state index >= 15 is 0 Å². The first-order chi connectivity index (χ1) is 16.1. The number of benzene rings is 3. The number of aromatic amines is 1. The van der Waals surface area contributed by atoms with Crippen LogP contribution in [-0.4, -0.2) is 41.4 Å². The van der Waals surface area contributed by atoms with Crippen LogP contribution in [0.2, 0.25) is 0 Å². The van der Waals surface area contributed by atoms with Crippen LogP contribution in [-0.2, 0) is 12.1 Å². The molecule has 0 amide bonds. The number of aliphatic hydroxyl groups is 1. The summed E-state index contributed by atoms with van der Waals surface area (Å²) in [5.74, 6) is 0.319. The van der Waals surface area contributed by atoms with Crippen molar-refractivity contribution in [2.24, 2.45) is 0 Å². The van der Waals surface area contributed by atoms with Crippen LogP contribution < -0.4 is 0 Å². The number of nitrogens with one attached hydrogen (secondary N) is 1. The molecule has 0 spiro atoms. The SMILES string of the molecule is O=C(c1ccccc1)c1ccc2nc(SCC(O)(Cn3cncn3)c3ccccc3)[nH]c2c1. The maximum Gasteiger partial charge on any atom is 0.193 e. The van der Waals surface area contributed by atoms with Gasteiger partial charge >= 0.3 is 0 Å². The van der Waals surface area contributed by atoms with Gasteiger partial charge in [-0.15, -0.1) is 0 Å². The van der Waals surface area contributed by atoms with Crippen molar-refractivity contribution in [3.05, 3.63) is 108 Å². The minimum Gasteiger partial charge on any atom is -0.382 e. The fraction of sp³-hybridized carbons (Fsp3) is 0.120. The van der Waals surface area contributed by atoms with E-state index in [1.807, 2.05) is 60.7 Å². The van der Waals surface area contributed by atoms with Gasteiger partial charge in [-0.25, -0.2) is 14.6 Å². The molecule has 3 aromatic carbocycles. The number of hydrogen-bond donors (Lipinski definition) is 2. The van der Waals surface area contributed by atoms with Crippen molar-refractivity contribution >= 4 is 28.6 Å². The Hall–Kier alpha value is -3.75. The molecule has 0 radical (unpaired) electrons. The van der Waals surface area contributed by atoms with Crippen LogP contribution in [0.4, 0.5) is 0 Å². The summed E-state index contributed by atoms with van der Waals surface area (Å²) in [6.07, 6.45) is 3.04. The summed E-state index contributed by atoms with van der Waals surface area (Å²) in [7, 11) is 0. The number of aromatic nitrogens is 5. The zero-order chi connectivity index (χ0) is 22.7. The average Bonchev–Trinajstić information content (AvgIpc) is 3.52. The first-order valence-corrected chi connectivity index (χ1v) is 11.4. The highest BCUT2D eigenvalue weighted by Gasteiger charge is 2.31. The number of H-pyrrole nitrogens is 1. The lowest BCUT2D eigenvalue weighted by Crippen LogP contribution is -2.34. The average molecular weight is 456 g/mol. The number of fused-ring (bicyclic) bond motifs is 1. The van der Waals surface area contributed by atoms with Gasteiger partial charge in [0, 0.05) is 16.9 Å². The summed E-state index contributed by atoms with van der Waals surface area (Å²) in [5.41, 5.74) is 2.40. The van der Waals surface area contributed by atoms with Gasteiger partial charge in [-0.05, 0) is 23.8 Å². The Morgan fingerprint density at radius 1 is 1.00 bits per heavy atom. The number of rotatable bonds is 8. The molecule has 8 heteroatoms. The molecule has 2 heterocycles. The second-order valence-corrected chi connectivity index (χ2v) is 8.71. The van der Waals surface area contributed by atoms with E-state index in [0.29, 0.717) is 22.0 Å². The fourth-order valence-corrected chi connectivity index (χ4v) is 4.67. The minimum absolute atomic E-state index is 0.0346. The quantitative estimate of drug-likeness (QED) is 0.271. The molecule has 33 heavy (non-hydrogen) atoms. The lowest BCUT2D eigenvalue weighted by atomic mass is 9.96. The second kappa shape index (κ2) is 9.01. The molecule has 164 valence electrons. The molecular formula is C25H21N5O2S. The van der Waals surface area contributed by atoms with Crippen LogP contribution in [0, 0.1) is 0 Å². The van der Waals surface area contributed by atoms with Gasteiger partial charge in [0.05, 0.1) is 17.6 Å². The molecule has 0 saturated carbocycles. The van der Waals surface area contributed by atoms with Crippen molar-refractivity contribution in [2.45, 2.75) is 17.3 Å². The summed E-state index contributed by atoms with van der Waals surface area (Å²) < 4.78 is 1.62. The molecule has 0 aliphatic rings. The van der Waals surface area contributed by atoms with E-state index in [2.05, 4.69) is 20.1 Å². The van der Waals surface area contributed by atoms with Crippen LogP contribution in [0.3, 0.4) is 0 Å². The van der Waals surface area contributed by atoms with E-state index in [1.165, 1.54) is 18.1 Å². The zero-order valence-corrected chi connectivity index (χ0v) is 18.4. The van der Waals surface area contributed by atoms with Gasteiger partial charge in [-0.2, -0.15) is 5.10 Å². The summed E-state index contributed by atoms with van der Waals surface area (Å²) in [4.78, 5) is 24.7. The highest BCUT2D eigenvalue weighted by molar-refractivity contribution is 7.99. The fourth-order valence-electron chi connectivity index (χ4n) is 3.69. The predicted molar refractivity (Wildman–Crippen MR) is 127 cm³/mol. The minimum atomic E-state index is -1.17. The molecule has 0 bridgehead atoms. The van der Waals surface area contributed by atoms with E-state index in [9.17, 15) is 9.90 Å². The highest BCUT2D eigenvalue weighted by atomic mass is 32.2. The number of imidazole rings is 1. The predicted octanol–water partition coefficient (Wildman–Crippen LogP) is 4.07. The normalized spacial score (nSPS) is 13.1. The Morgan fingerprint density at radius 2 is 1.76 bits per heavy atom. The molecule has 7 nitrogen and oxygen atoms in total. The Balaban J connectivity index is 1.38. The van der Waals surface area contributed by atoms with Gasteiger partial charge in [0.25, 0.3) is 0 Å². The Morgan fingerprint density at radius 3 is 2.48 bits per heavy atom. The van der Waals surface area contributed by atoms with E-state index in [4.69, 9.17) is 0 Å². The van der Waals surface area contributed by atoms with Crippen molar-refractivity contribution in [1.82, 2.24) is 24.7 Å². The van der Waals surface area contributed by atoms with Crippen molar-refractivity contribution in [3.8, 4) is 0 Å². The molecule has 1 atom stereocenters. The first-order valence-electron chi connectivity index (χ1n) is 10.4. The molecule has 0 saturated heterocycles. The number of nitrogens with zero attached hydrogens (tertiary/aromatic N) is 4. The topological polar surface area (TPSA) is 96.7 Å². The first kappa shape index (κ1) is 21.1. The lowest BCUT2D eigenvalue weighted by Gasteiger charge is -2.27. The third kappa shape index (κ3) is 4.57. The van der Waals surface area contributed by atoms with Gasteiger partial charge < -0.3 is 10.1 Å². The summed E-state index contributed by atoms with van der Waals surface area (Å²) >= 11 is 1.42. The van der Waals surface area contributed by atoms with Crippen LogP contribution in [0.15, 0.2) is 96.7 Å². The molecule has 5 rings (SSSR count). The zero-order valence-electron chi connectivity index (χ0n) is 17.6. The number of ketones is 1. The molecule has 1 unspecified atom stereocenters. The summed E-state index contributed by atoms with van der Waals surface area (Å²) in [5, 5.41) is 16.4. The lowest BCUT2D eigenvalue weighted by molar-refractivity contribution is 0.0396. The number of thioether (sulfide) groups is 1. The monoisotopic (exact) mass is 455 g/mol. The van der Waals surface area contributed by atoms with Crippen molar-refractivity contribution in [2.75, 3.05) is 5.75 Å². The van der Waals surface area contributed by atoms with E-state index < -0.39 is 5.60 Å². The molecule has 2 aromatic heterocycles. The third-order valence-electron chi connectivity index (χ3n) is 5.41. The number of hydrogen-bond acceptors (Lipinski definition) is 6. The molecule has 0 aliphatic carbocycles. The van der Waals surface area contributed by atoms with Crippen LogP contribution in [0.1, 0.15) is 21.5 Å². The molecular weight excluding hydrogens is 434 g/mol. The smallest absolute Gasteiger partial charge is 0.193 e. The third-order valence-corrected chi connectivity index (χ3v) is 6.50. The van der Waals surface area contributed by atoms with Gasteiger partial charge in [-0.1, -0.05) is 72.4 Å². The van der Waals surface area contributed by atoms with Crippen LogP contribution >= 0.6 is 11.8 Å². The number of carbonyl (C=O) groups excluding carboxylic acids is 1. The van der Waals surface area contributed by atoms with E-state index in [1.54, 1.807) is 29.2 Å². The molecule has 5 aromatic rings. The standard InChI is InChI=1S/C25H21N5O2S/c31-23(18-7-3-1-4-8-18)19-11-12-21-22(13-19)29-24(28-21)33-15-25(32,14-30-17-26-16-27-30)20-9-5-2-6-10-20/h1-13,16-17,32H,14-15H2,(H,28,29). The molecule has 0 fully saturated rings. The van der Waals surface area contributed by atoms with Crippen LogP contribution in [0.5, 0.6) is 0 Å². The van der Waals surface area contributed by atoms with Gasteiger partial charge in [0.2, 0.25) is 0 Å². The maximum atomic E-state index is 12.8. The molecule has 2 N–H and O–H groups in total. The molecule has 0 aliphatic heterocycles. The van der Waals surface area contributed by atoms with Crippen molar-refractivity contribution < 1.29 is 9.90 Å². The van der Waals surface area contributed by atoms with Gasteiger partial charge in [0.15, 0.2) is 10.9 Å². The van der Waals surface area contributed by atoms with Crippen molar-refractivity contribution in [1.29, 1.82) is 0 Å². The number of carbonyl (C=O) groups is 1. The van der Waals surface area contributed by atoms with E-state index in [0.717, 1.165) is 16.6 Å². The van der Waals surface area contributed by atoms with Crippen LogP contribution in [0.25, 0.3) is 11.0 Å². The van der Waals surface area contributed by atoms with Gasteiger partial charge in [-0.3, -0.25) is 4.79 Å². The Labute approximate surface area is 194 Å². The summed E-state index contributed by atoms with van der Waals surface area (Å²) in [6.45, 7) is 0.264. The Bertz CT molecular complexity index is 1370. The highest BCUT2D eigenvalue weighted by Crippen LogP contribution is 2.31. The largest absolute Gasteiger partial charge is 0.382 e. The Kier molecular flexibility index (Phi) is 5.77. The second-order valence-electron chi connectivity index (χ2n) is 7.75.